The minimum absolute atomic E-state index is 0.169. The zero-order valence-electron chi connectivity index (χ0n) is 24.8. The van der Waals surface area contributed by atoms with E-state index >= 15 is 0 Å². The first-order valence-electron chi connectivity index (χ1n) is 15.8. The molecule has 0 radical (unpaired) electrons. The van der Waals surface area contributed by atoms with Crippen LogP contribution in [0.4, 0.5) is 5.69 Å². The van der Waals surface area contributed by atoms with E-state index in [2.05, 4.69) is 106 Å². The molecular weight excluding hydrogens is 502 g/mol. The van der Waals surface area contributed by atoms with Crippen molar-refractivity contribution in [2.45, 2.75) is 51.4 Å². The minimum Gasteiger partial charge on any atom is -0.369 e. The van der Waals surface area contributed by atoms with E-state index in [1.165, 1.54) is 48.9 Å². The van der Waals surface area contributed by atoms with Crippen molar-refractivity contribution in [3.05, 3.63) is 114 Å². The average molecular weight is 550 g/mol. The number of allylic oxidation sites excluding steroid dienone is 1. The third kappa shape index (κ3) is 8.10. The third-order valence-corrected chi connectivity index (χ3v) is 9.02. The Bertz CT molecular complexity index is 1190. The van der Waals surface area contributed by atoms with Gasteiger partial charge in [0.2, 0.25) is 0 Å². The van der Waals surface area contributed by atoms with Crippen LogP contribution in [0.1, 0.15) is 72.9 Å². The van der Waals surface area contributed by atoms with Crippen molar-refractivity contribution in [2.24, 2.45) is 5.92 Å². The van der Waals surface area contributed by atoms with Crippen molar-refractivity contribution < 1.29 is 4.79 Å². The van der Waals surface area contributed by atoms with Crippen LogP contribution >= 0.6 is 0 Å². The van der Waals surface area contributed by atoms with Crippen LogP contribution in [0.5, 0.6) is 0 Å². The monoisotopic (exact) mass is 549 g/mol. The van der Waals surface area contributed by atoms with Crippen LogP contribution in [0, 0.1) is 5.92 Å². The van der Waals surface area contributed by atoms with Gasteiger partial charge in [-0.25, -0.2) is 0 Å². The lowest BCUT2D eigenvalue weighted by Crippen LogP contribution is -2.47. The van der Waals surface area contributed by atoms with E-state index in [4.69, 9.17) is 0 Å². The fourth-order valence-electron chi connectivity index (χ4n) is 6.61. The Morgan fingerprint density at radius 1 is 0.854 bits per heavy atom. The number of rotatable bonds is 11. The normalized spacial score (nSPS) is 16.9. The van der Waals surface area contributed by atoms with Crippen LogP contribution in [-0.4, -0.2) is 61.5 Å². The molecule has 3 aromatic rings. The zero-order valence-corrected chi connectivity index (χ0v) is 24.8. The molecule has 3 aromatic carbocycles. The predicted molar refractivity (Wildman–Crippen MR) is 172 cm³/mol. The Hall–Kier alpha value is -3.37. The third-order valence-electron chi connectivity index (χ3n) is 9.02. The molecule has 1 aliphatic heterocycles. The molecular formula is C37H47N3O. The number of anilines is 1. The Kier molecular flexibility index (Phi) is 10.7. The highest BCUT2D eigenvalue weighted by Gasteiger charge is 2.24. The molecule has 2 aliphatic rings. The molecule has 216 valence electrons. The average Bonchev–Trinajstić information content (AvgIpc) is 3.05. The summed E-state index contributed by atoms with van der Waals surface area (Å²) in [6.45, 7) is 8.76. The van der Waals surface area contributed by atoms with Crippen LogP contribution in [0.2, 0.25) is 0 Å². The van der Waals surface area contributed by atoms with Gasteiger partial charge < -0.3 is 9.80 Å². The molecule has 1 amide bonds. The van der Waals surface area contributed by atoms with Gasteiger partial charge in [0, 0.05) is 56.4 Å². The molecule has 1 saturated heterocycles. The van der Waals surface area contributed by atoms with E-state index in [-0.39, 0.29) is 5.91 Å². The van der Waals surface area contributed by atoms with Gasteiger partial charge in [-0.05, 0) is 68.0 Å². The molecule has 0 spiro atoms. The summed E-state index contributed by atoms with van der Waals surface area (Å²) >= 11 is 0. The standard InChI is InChI=1S/C37H47N3O/c1-2-3-23-40(30-31-14-7-4-8-15-31)37(41)34-20-13-21-35(29-34)39-27-25-38(26-28-39)24-22-36(32-16-9-5-10-17-32)33-18-11-6-12-19-33/h2-3,5-6,9-13,16-21,29,31,36H,4,7-8,14-15,22-28,30H2,1H3. The summed E-state index contributed by atoms with van der Waals surface area (Å²) in [6, 6.07) is 30.2. The number of carbonyl (C=O) groups is 1. The lowest BCUT2D eigenvalue weighted by molar-refractivity contribution is 0.0735. The topological polar surface area (TPSA) is 26.8 Å². The predicted octanol–water partition coefficient (Wildman–Crippen LogP) is 7.63. The summed E-state index contributed by atoms with van der Waals surface area (Å²) in [5.74, 6) is 1.22. The highest BCUT2D eigenvalue weighted by molar-refractivity contribution is 5.95. The number of carbonyl (C=O) groups excluding carboxylic acids is 1. The Morgan fingerprint density at radius 3 is 2.15 bits per heavy atom. The van der Waals surface area contributed by atoms with Gasteiger partial charge in [0.05, 0.1) is 0 Å². The molecule has 2 fully saturated rings. The minimum atomic E-state index is 0.169. The number of piperazine rings is 1. The molecule has 4 heteroatoms. The van der Waals surface area contributed by atoms with Gasteiger partial charge >= 0.3 is 0 Å². The number of hydrogen-bond acceptors (Lipinski definition) is 3. The lowest BCUT2D eigenvalue weighted by Gasteiger charge is -2.37. The van der Waals surface area contributed by atoms with Gasteiger partial charge in [-0.2, -0.15) is 0 Å². The highest BCUT2D eigenvalue weighted by atomic mass is 16.2. The van der Waals surface area contributed by atoms with Gasteiger partial charge in [0.15, 0.2) is 0 Å². The molecule has 1 aliphatic carbocycles. The van der Waals surface area contributed by atoms with Crippen LogP contribution in [0.15, 0.2) is 97.1 Å². The van der Waals surface area contributed by atoms with Crippen molar-refractivity contribution >= 4 is 11.6 Å². The Balaban J connectivity index is 1.18. The van der Waals surface area contributed by atoms with E-state index < -0.39 is 0 Å². The number of amides is 1. The van der Waals surface area contributed by atoms with Gasteiger partial charge in [0.1, 0.15) is 0 Å². The molecule has 1 saturated carbocycles. The zero-order chi connectivity index (χ0) is 28.3. The van der Waals surface area contributed by atoms with E-state index in [1.54, 1.807) is 0 Å². The first-order valence-corrected chi connectivity index (χ1v) is 15.8. The van der Waals surface area contributed by atoms with Crippen LogP contribution in [-0.2, 0) is 0 Å². The fraction of sp³-hybridized carbons (Fsp3) is 0.432. The van der Waals surface area contributed by atoms with Crippen LogP contribution in [0.25, 0.3) is 0 Å². The fourth-order valence-corrected chi connectivity index (χ4v) is 6.61. The summed E-state index contributed by atoms with van der Waals surface area (Å²) in [5, 5.41) is 0. The summed E-state index contributed by atoms with van der Waals surface area (Å²) in [7, 11) is 0. The summed E-state index contributed by atoms with van der Waals surface area (Å²) in [6.07, 6.45) is 11.7. The number of benzene rings is 3. The molecule has 41 heavy (non-hydrogen) atoms. The maximum atomic E-state index is 13.7. The lowest BCUT2D eigenvalue weighted by atomic mass is 9.88. The van der Waals surface area contributed by atoms with Crippen molar-refractivity contribution in [3.8, 4) is 0 Å². The summed E-state index contributed by atoms with van der Waals surface area (Å²) in [4.78, 5) is 20.8. The maximum Gasteiger partial charge on any atom is 0.254 e. The number of hydrogen-bond donors (Lipinski definition) is 0. The molecule has 0 bridgehead atoms. The van der Waals surface area contributed by atoms with E-state index in [0.717, 1.165) is 51.3 Å². The summed E-state index contributed by atoms with van der Waals surface area (Å²) in [5.41, 5.74) is 4.78. The quantitative estimate of drug-likeness (QED) is 0.230. The maximum absolute atomic E-state index is 13.7. The first kappa shape index (κ1) is 29.1. The van der Waals surface area contributed by atoms with Crippen LogP contribution < -0.4 is 4.90 Å². The smallest absolute Gasteiger partial charge is 0.254 e. The molecule has 4 nitrogen and oxygen atoms in total. The Morgan fingerprint density at radius 2 is 1.51 bits per heavy atom. The van der Waals surface area contributed by atoms with Crippen molar-refractivity contribution in [3.63, 3.8) is 0 Å². The van der Waals surface area contributed by atoms with Gasteiger partial charge in [-0.1, -0.05) is 98.1 Å². The van der Waals surface area contributed by atoms with Crippen LogP contribution in [0.3, 0.4) is 0 Å². The van der Waals surface area contributed by atoms with E-state index in [0.29, 0.717) is 18.4 Å². The largest absolute Gasteiger partial charge is 0.369 e. The summed E-state index contributed by atoms with van der Waals surface area (Å²) < 4.78 is 0. The molecule has 0 aromatic heterocycles. The molecule has 0 N–H and O–H groups in total. The molecule has 0 atom stereocenters. The molecule has 5 rings (SSSR count). The van der Waals surface area contributed by atoms with Gasteiger partial charge in [-0.3, -0.25) is 9.69 Å². The van der Waals surface area contributed by atoms with Gasteiger partial charge in [0.25, 0.3) is 5.91 Å². The van der Waals surface area contributed by atoms with E-state index in [9.17, 15) is 4.79 Å². The van der Waals surface area contributed by atoms with Crippen molar-refractivity contribution in [2.75, 3.05) is 50.7 Å². The van der Waals surface area contributed by atoms with Crippen molar-refractivity contribution in [1.82, 2.24) is 9.80 Å². The second-order valence-electron chi connectivity index (χ2n) is 11.8. The number of nitrogens with zero attached hydrogens (tertiary/aromatic N) is 3. The molecule has 0 unspecified atom stereocenters. The highest BCUT2D eigenvalue weighted by Crippen LogP contribution is 2.29. The van der Waals surface area contributed by atoms with Crippen molar-refractivity contribution in [1.29, 1.82) is 0 Å². The first-order chi connectivity index (χ1) is 20.2. The van der Waals surface area contributed by atoms with E-state index in [1.807, 2.05) is 13.0 Å². The van der Waals surface area contributed by atoms with Gasteiger partial charge in [-0.15, -0.1) is 0 Å². The molecule has 1 heterocycles. The SMILES string of the molecule is CC=CCN(CC1CCCCC1)C(=O)c1cccc(N2CCN(CCC(c3ccccc3)c3ccccc3)CC2)c1. The Labute approximate surface area is 247 Å². The second kappa shape index (κ2) is 15.0. The second-order valence-corrected chi connectivity index (χ2v) is 11.8.